The van der Waals surface area contributed by atoms with Crippen molar-refractivity contribution >= 4 is 5.91 Å². The lowest BCUT2D eigenvalue weighted by molar-refractivity contribution is 0.0369. The Kier molecular flexibility index (Phi) is 4.47. The van der Waals surface area contributed by atoms with Gasteiger partial charge in [-0.3, -0.25) is 9.69 Å². The predicted octanol–water partition coefficient (Wildman–Crippen LogP) is 1.49. The highest BCUT2D eigenvalue weighted by atomic mass is 16.5. The molecule has 3 fully saturated rings. The van der Waals surface area contributed by atoms with E-state index >= 15 is 0 Å². The van der Waals surface area contributed by atoms with Crippen LogP contribution in [0.25, 0.3) is 0 Å². The molecule has 0 spiro atoms. The van der Waals surface area contributed by atoms with Gasteiger partial charge in [0.1, 0.15) is 11.3 Å². The summed E-state index contributed by atoms with van der Waals surface area (Å²) in [4.78, 5) is 22.3. The molecule has 156 valence electrons. The number of hydrogen-bond donors (Lipinski definition) is 0. The highest BCUT2D eigenvalue weighted by molar-refractivity contribution is 5.96. The Morgan fingerprint density at radius 3 is 2.52 bits per heavy atom. The summed E-state index contributed by atoms with van der Waals surface area (Å²) in [6.45, 7) is 10.1. The minimum absolute atomic E-state index is 0.0242. The van der Waals surface area contributed by atoms with Crippen molar-refractivity contribution in [1.29, 1.82) is 0 Å². The molecule has 0 aliphatic carbocycles. The fraction of sp³-hybridized carbons (Fsp3) is 0.700. The van der Waals surface area contributed by atoms with E-state index in [1.54, 1.807) is 6.92 Å². The first-order valence-corrected chi connectivity index (χ1v) is 10.3. The van der Waals surface area contributed by atoms with Gasteiger partial charge in [-0.25, -0.2) is 0 Å². The third-order valence-corrected chi connectivity index (χ3v) is 6.83. The van der Waals surface area contributed by atoms with Gasteiger partial charge in [-0.2, -0.15) is 4.98 Å². The van der Waals surface area contributed by atoms with E-state index < -0.39 is 0 Å². The van der Waals surface area contributed by atoms with Crippen LogP contribution in [0.3, 0.4) is 0 Å². The van der Waals surface area contributed by atoms with E-state index in [2.05, 4.69) is 20.2 Å². The zero-order valence-electron chi connectivity index (χ0n) is 17.2. The van der Waals surface area contributed by atoms with Crippen molar-refractivity contribution in [2.24, 2.45) is 5.92 Å². The van der Waals surface area contributed by atoms with Crippen LogP contribution in [0.15, 0.2) is 9.05 Å². The first-order valence-electron chi connectivity index (χ1n) is 10.3. The largest absolute Gasteiger partial charge is 0.381 e. The summed E-state index contributed by atoms with van der Waals surface area (Å²) in [6, 6.07) is 0.516. The zero-order chi connectivity index (χ0) is 20.2. The van der Waals surface area contributed by atoms with Gasteiger partial charge < -0.3 is 18.7 Å². The minimum Gasteiger partial charge on any atom is -0.381 e. The van der Waals surface area contributed by atoms with Crippen LogP contribution < -0.4 is 0 Å². The summed E-state index contributed by atoms with van der Waals surface area (Å²) < 4.78 is 16.4. The topological polar surface area (TPSA) is 97.7 Å². The van der Waals surface area contributed by atoms with Gasteiger partial charge in [-0.05, 0) is 33.6 Å². The molecule has 5 heterocycles. The van der Waals surface area contributed by atoms with E-state index in [0.29, 0.717) is 47.9 Å². The van der Waals surface area contributed by atoms with Gasteiger partial charge in [0.25, 0.3) is 5.91 Å². The zero-order valence-corrected chi connectivity index (χ0v) is 17.2. The van der Waals surface area contributed by atoms with Gasteiger partial charge in [0.05, 0.1) is 11.1 Å². The second kappa shape index (κ2) is 6.91. The molecule has 0 bridgehead atoms. The summed E-state index contributed by atoms with van der Waals surface area (Å²) in [6.07, 6.45) is 2.10. The number of aryl methyl sites for hydroxylation is 3. The van der Waals surface area contributed by atoms with Crippen molar-refractivity contribution in [3.63, 3.8) is 0 Å². The van der Waals surface area contributed by atoms with E-state index in [1.165, 1.54) is 0 Å². The molecule has 9 nitrogen and oxygen atoms in total. The molecule has 3 aliphatic rings. The van der Waals surface area contributed by atoms with E-state index in [-0.39, 0.29) is 17.2 Å². The molecule has 1 amide bonds. The first kappa shape index (κ1) is 18.7. The van der Waals surface area contributed by atoms with E-state index in [0.717, 1.165) is 39.1 Å². The minimum atomic E-state index is -0.325. The lowest BCUT2D eigenvalue weighted by Crippen LogP contribution is -2.44. The Morgan fingerprint density at radius 1 is 1.07 bits per heavy atom. The molecule has 2 aromatic rings. The van der Waals surface area contributed by atoms with Crippen molar-refractivity contribution in [1.82, 2.24) is 25.1 Å². The summed E-state index contributed by atoms with van der Waals surface area (Å²) in [7, 11) is 0. The molecule has 9 heteroatoms. The van der Waals surface area contributed by atoms with Gasteiger partial charge in [0.2, 0.25) is 5.89 Å². The number of carbonyl (C=O) groups excluding carboxylic acids is 1. The quantitative estimate of drug-likeness (QED) is 0.763. The fourth-order valence-electron chi connectivity index (χ4n) is 5.34. The number of hydrogen-bond acceptors (Lipinski definition) is 8. The average Bonchev–Trinajstić information content (AvgIpc) is 3.45. The maximum Gasteiger partial charge on any atom is 0.259 e. The number of aromatic nitrogens is 3. The predicted molar refractivity (Wildman–Crippen MR) is 101 cm³/mol. The molecule has 0 aromatic carbocycles. The molecule has 29 heavy (non-hydrogen) atoms. The molecule has 3 aliphatic heterocycles. The van der Waals surface area contributed by atoms with E-state index in [4.69, 9.17) is 13.8 Å². The maximum absolute atomic E-state index is 13.3. The van der Waals surface area contributed by atoms with Gasteiger partial charge in [-0.15, -0.1) is 0 Å². The van der Waals surface area contributed by atoms with Gasteiger partial charge >= 0.3 is 0 Å². The molecular weight excluding hydrogens is 374 g/mol. The molecule has 2 atom stereocenters. The number of rotatable bonds is 3. The van der Waals surface area contributed by atoms with Crippen LogP contribution in [-0.4, -0.2) is 76.4 Å². The van der Waals surface area contributed by atoms with Gasteiger partial charge in [-0.1, -0.05) is 10.3 Å². The number of nitrogens with zero attached hydrogens (tertiary/aromatic N) is 5. The van der Waals surface area contributed by atoms with Gasteiger partial charge in [0.15, 0.2) is 5.82 Å². The van der Waals surface area contributed by atoms with Crippen molar-refractivity contribution < 1.29 is 18.6 Å². The van der Waals surface area contributed by atoms with Crippen LogP contribution in [0.5, 0.6) is 0 Å². The molecule has 5 rings (SSSR count). The number of fused-ring (bicyclic) bond motifs is 1. The lowest BCUT2D eigenvalue weighted by Gasteiger charge is -2.33. The second-order valence-electron chi connectivity index (χ2n) is 8.66. The van der Waals surface area contributed by atoms with Crippen LogP contribution in [0.4, 0.5) is 0 Å². The molecule has 0 saturated carbocycles. The summed E-state index contributed by atoms with van der Waals surface area (Å²) in [5.41, 5.74) is 0.882. The Hall–Kier alpha value is -2.26. The van der Waals surface area contributed by atoms with Crippen molar-refractivity contribution in [2.45, 2.75) is 45.1 Å². The average molecular weight is 401 g/mol. The Morgan fingerprint density at radius 2 is 1.86 bits per heavy atom. The Bertz CT molecular complexity index is 898. The van der Waals surface area contributed by atoms with Crippen LogP contribution in [-0.2, 0) is 10.2 Å². The number of amides is 1. The second-order valence-corrected chi connectivity index (χ2v) is 8.66. The van der Waals surface area contributed by atoms with Crippen molar-refractivity contribution in [2.75, 3.05) is 39.4 Å². The number of likely N-dealkylation sites (tertiary alicyclic amines) is 2. The first-order chi connectivity index (χ1) is 14.0. The smallest absolute Gasteiger partial charge is 0.259 e. The standard InChI is InChI=1S/C20H27N5O4/c1-12-17(13(2)28-22-12)18(26)25-9-15-8-24(16-4-6-27-7-5-16)10-20(15,11-25)19-21-14(3)23-29-19/h15-16H,4-11H2,1-3H3. The Labute approximate surface area is 169 Å². The maximum atomic E-state index is 13.3. The molecule has 2 aromatic heterocycles. The third kappa shape index (κ3) is 2.98. The molecule has 3 saturated heterocycles. The SMILES string of the molecule is Cc1noc(C23CN(C(=O)c4c(C)noc4C)CC2CN(C2CCOCC2)C3)n1. The lowest BCUT2D eigenvalue weighted by atomic mass is 9.81. The van der Waals surface area contributed by atoms with Crippen molar-refractivity contribution in [3.8, 4) is 0 Å². The normalized spacial score (nSPS) is 28.2. The number of carbonyl (C=O) groups is 1. The van der Waals surface area contributed by atoms with E-state index in [1.807, 2.05) is 18.7 Å². The molecule has 0 radical (unpaired) electrons. The van der Waals surface area contributed by atoms with Crippen LogP contribution in [0, 0.1) is 26.7 Å². The highest BCUT2D eigenvalue weighted by Gasteiger charge is 2.58. The van der Waals surface area contributed by atoms with Crippen LogP contribution in [0.2, 0.25) is 0 Å². The summed E-state index contributed by atoms with van der Waals surface area (Å²) >= 11 is 0. The molecule has 2 unspecified atom stereocenters. The van der Waals surface area contributed by atoms with Crippen LogP contribution >= 0.6 is 0 Å². The fourth-order valence-corrected chi connectivity index (χ4v) is 5.34. The highest BCUT2D eigenvalue weighted by Crippen LogP contribution is 2.46. The van der Waals surface area contributed by atoms with Crippen molar-refractivity contribution in [3.05, 3.63) is 28.7 Å². The van der Waals surface area contributed by atoms with Gasteiger partial charge in [0, 0.05) is 51.4 Å². The molecular formula is C20H27N5O4. The molecule has 0 N–H and O–H groups in total. The monoisotopic (exact) mass is 401 g/mol. The summed E-state index contributed by atoms with van der Waals surface area (Å²) in [5.74, 6) is 2.09. The third-order valence-electron chi connectivity index (χ3n) is 6.83. The van der Waals surface area contributed by atoms with Crippen LogP contribution in [0.1, 0.15) is 46.4 Å². The van der Waals surface area contributed by atoms with E-state index in [9.17, 15) is 4.79 Å². The summed E-state index contributed by atoms with van der Waals surface area (Å²) in [5, 5.41) is 8.00. The Balaban J connectivity index is 1.44. The number of ether oxygens (including phenoxy) is 1.